The van der Waals surface area contributed by atoms with E-state index >= 15 is 0 Å². The predicted molar refractivity (Wildman–Crippen MR) is 245 cm³/mol. The first-order chi connectivity index (χ1) is 27.8. The zero-order valence-electron chi connectivity index (χ0n) is 30.4. The third kappa shape index (κ3) is 4.73. The van der Waals surface area contributed by atoms with Gasteiger partial charge in [-0.2, -0.15) is 0 Å². The number of thiophene rings is 2. The standard InChI is InChI=1S/C52H34N2S2/c1-3-13-35(14-4-1)53(45-21-11-19-39-37-17-7-9-23-47(37)55-51(39)45)43-31-27-33-26-30-42-44(32-28-34-25-29-41(43)49(33)50(34)42)54(36-15-5-2-6-16-36)46-22-12-20-40-38-18-8-10-24-48(38)56-52(40)46/h1-9,11-23,25-32H,10,24H2. The van der Waals surface area contributed by atoms with Gasteiger partial charge in [-0.25, -0.2) is 0 Å². The quantitative estimate of drug-likeness (QED) is 0.156. The van der Waals surface area contributed by atoms with Crippen molar-refractivity contribution in [1.82, 2.24) is 0 Å². The van der Waals surface area contributed by atoms with E-state index in [4.69, 9.17) is 0 Å². The van der Waals surface area contributed by atoms with E-state index in [0.717, 1.165) is 24.2 Å². The second kappa shape index (κ2) is 12.5. The number of rotatable bonds is 6. The first kappa shape index (κ1) is 31.8. The summed E-state index contributed by atoms with van der Waals surface area (Å²) in [5, 5.41) is 11.5. The fourth-order valence-electron chi connectivity index (χ4n) is 9.17. The Hall–Kier alpha value is -6.46. The molecule has 264 valence electrons. The molecule has 0 radical (unpaired) electrons. The Labute approximate surface area is 332 Å². The minimum absolute atomic E-state index is 1.11. The topological polar surface area (TPSA) is 6.48 Å². The lowest BCUT2D eigenvalue weighted by atomic mass is 9.91. The summed E-state index contributed by atoms with van der Waals surface area (Å²) in [6, 6.07) is 62.9. The molecule has 2 nitrogen and oxygen atoms in total. The third-order valence-corrected chi connectivity index (χ3v) is 14.1. The molecule has 12 rings (SSSR count). The maximum absolute atomic E-state index is 2.50. The number of hydrogen-bond donors (Lipinski definition) is 0. The number of hydrogen-bond acceptors (Lipinski definition) is 4. The van der Waals surface area contributed by atoms with E-state index in [1.807, 2.05) is 22.7 Å². The van der Waals surface area contributed by atoms with Crippen molar-refractivity contribution in [1.29, 1.82) is 0 Å². The van der Waals surface area contributed by atoms with Crippen molar-refractivity contribution >= 4 is 125 Å². The van der Waals surface area contributed by atoms with E-state index in [2.05, 4.69) is 192 Å². The number of fused-ring (bicyclic) bond motifs is 6. The van der Waals surface area contributed by atoms with Gasteiger partial charge in [-0.05, 0) is 94.5 Å². The first-order valence-electron chi connectivity index (χ1n) is 19.3. The van der Waals surface area contributed by atoms with Crippen LogP contribution < -0.4 is 9.80 Å². The van der Waals surface area contributed by atoms with Gasteiger partial charge >= 0.3 is 0 Å². The lowest BCUT2D eigenvalue weighted by molar-refractivity contribution is 1.02. The Morgan fingerprint density at radius 1 is 0.393 bits per heavy atom. The second-order valence-electron chi connectivity index (χ2n) is 14.7. The molecular formula is C52H34N2S2. The Kier molecular flexibility index (Phi) is 7.13. The third-order valence-electron chi connectivity index (χ3n) is 11.6. The van der Waals surface area contributed by atoms with Crippen molar-refractivity contribution in [3.05, 3.63) is 186 Å². The summed E-state index contributed by atoms with van der Waals surface area (Å²) in [5.74, 6) is 0. The molecule has 1 aliphatic carbocycles. The molecule has 2 aromatic heterocycles. The molecule has 0 fully saturated rings. The van der Waals surface area contributed by atoms with Gasteiger partial charge in [-0.1, -0.05) is 127 Å². The van der Waals surface area contributed by atoms with E-state index in [9.17, 15) is 0 Å². The molecule has 0 N–H and O–H groups in total. The van der Waals surface area contributed by atoms with Gasteiger partial charge in [0.25, 0.3) is 0 Å². The van der Waals surface area contributed by atoms with E-state index in [1.54, 1.807) is 0 Å². The normalized spacial score (nSPS) is 12.8. The van der Waals surface area contributed by atoms with Gasteiger partial charge in [-0.15, -0.1) is 22.7 Å². The molecular weight excluding hydrogens is 717 g/mol. The van der Waals surface area contributed by atoms with Crippen molar-refractivity contribution in [2.75, 3.05) is 9.80 Å². The van der Waals surface area contributed by atoms with E-state index in [1.165, 1.54) is 95.8 Å². The lowest BCUT2D eigenvalue weighted by Crippen LogP contribution is -2.11. The van der Waals surface area contributed by atoms with Crippen molar-refractivity contribution < 1.29 is 0 Å². The van der Waals surface area contributed by atoms with Crippen LogP contribution in [0.5, 0.6) is 0 Å². The van der Waals surface area contributed by atoms with Gasteiger partial charge in [0.05, 0.1) is 32.1 Å². The summed E-state index contributed by atoms with van der Waals surface area (Å²) in [4.78, 5) is 6.47. The molecule has 9 aromatic carbocycles. The summed E-state index contributed by atoms with van der Waals surface area (Å²) in [7, 11) is 0. The molecule has 0 unspecified atom stereocenters. The van der Waals surface area contributed by atoms with E-state index < -0.39 is 0 Å². The fourth-order valence-corrected chi connectivity index (χ4v) is 11.7. The van der Waals surface area contributed by atoms with Crippen molar-refractivity contribution in [2.24, 2.45) is 0 Å². The molecule has 56 heavy (non-hydrogen) atoms. The van der Waals surface area contributed by atoms with Crippen LogP contribution in [-0.4, -0.2) is 0 Å². The molecule has 0 spiro atoms. The summed E-state index contributed by atoms with van der Waals surface area (Å²) < 4.78 is 3.95. The van der Waals surface area contributed by atoms with Gasteiger partial charge in [0.2, 0.25) is 0 Å². The summed E-state index contributed by atoms with van der Waals surface area (Å²) in [6.45, 7) is 0. The second-order valence-corrected chi connectivity index (χ2v) is 16.9. The molecule has 2 heterocycles. The highest BCUT2D eigenvalue weighted by atomic mass is 32.1. The predicted octanol–water partition coefficient (Wildman–Crippen LogP) is 16.1. The highest BCUT2D eigenvalue weighted by Gasteiger charge is 2.25. The number of para-hydroxylation sites is 2. The maximum atomic E-state index is 2.50. The SMILES string of the molecule is C1=Cc2c(sc3c(N(c4ccccc4)c4ccc5ccc6c(N(c7ccccc7)c7cccc8c7sc7ccccc78)ccc7ccc4c5c76)cccc23)CC1. The Balaban J connectivity index is 1.13. The van der Waals surface area contributed by atoms with Gasteiger partial charge < -0.3 is 9.80 Å². The van der Waals surface area contributed by atoms with Crippen LogP contribution in [0.25, 0.3) is 68.7 Å². The van der Waals surface area contributed by atoms with Crippen LogP contribution in [0.3, 0.4) is 0 Å². The number of allylic oxidation sites excluding steroid dienone is 1. The largest absolute Gasteiger partial charge is 0.308 e. The van der Waals surface area contributed by atoms with Crippen LogP contribution in [0.2, 0.25) is 0 Å². The Morgan fingerprint density at radius 3 is 1.57 bits per heavy atom. The molecule has 11 aromatic rings. The number of anilines is 6. The Bertz CT molecular complexity index is 3320. The van der Waals surface area contributed by atoms with Crippen LogP contribution in [0, 0.1) is 0 Å². The number of benzene rings is 9. The van der Waals surface area contributed by atoms with Gasteiger partial charge in [0.15, 0.2) is 0 Å². The van der Waals surface area contributed by atoms with Crippen LogP contribution in [-0.2, 0) is 6.42 Å². The monoisotopic (exact) mass is 750 g/mol. The molecule has 4 heteroatoms. The highest BCUT2D eigenvalue weighted by Crippen LogP contribution is 2.51. The average Bonchev–Trinajstić information content (AvgIpc) is 3.84. The maximum Gasteiger partial charge on any atom is 0.0640 e. The fraction of sp³-hybridized carbons (Fsp3) is 0.0385. The number of aryl methyl sites for hydroxylation is 1. The smallest absolute Gasteiger partial charge is 0.0640 e. The van der Waals surface area contributed by atoms with Crippen molar-refractivity contribution in [3.8, 4) is 0 Å². The zero-order valence-corrected chi connectivity index (χ0v) is 32.1. The van der Waals surface area contributed by atoms with Gasteiger partial charge in [-0.3, -0.25) is 0 Å². The molecule has 0 saturated carbocycles. The van der Waals surface area contributed by atoms with Crippen molar-refractivity contribution in [2.45, 2.75) is 12.8 Å². The lowest BCUT2D eigenvalue weighted by Gasteiger charge is -2.29. The van der Waals surface area contributed by atoms with Gasteiger partial charge in [0, 0.05) is 47.9 Å². The molecule has 0 amide bonds. The van der Waals surface area contributed by atoms with Crippen LogP contribution in [0.4, 0.5) is 34.1 Å². The minimum Gasteiger partial charge on any atom is -0.308 e. The summed E-state index contributed by atoms with van der Waals surface area (Å²) in [5.41, 5.74) is 8.48. The molecule has 0 bridgehead atoms. The Morgan fingerprint density at radius 2 is 0.929 bits per heavy atom. The van der Waals surface area contributed by atoms with Gasteiger partial charge in [0.1, 0.15) is 0 Å². The molecule has 0 saturated heterocycles. The van der Waals surface area contributed by atoms with E-state index in [0.29, 0.717) is 0 Å². The molecule has 0 atom stereocenters. The molecule has 0 aliphatic heterocycles. The minimum atomic E-state index is 1.11. The van der Waals surface area contributed by atoms with Crippen LogP contribution in [0.15, 0.2) is 176 Å². The molecule has 1 aliphatic rings. The van der Waals surface area contributed by atoms with Crippen LogP contribution in [0.1, 0.15) is 16.9 Å². The first-order valence-corrected chi connectivity index (χ1v) is 21.0. The average molecular weight is 751 g/mol. The summed E-state index contributed by atoms with van der Waals surface area (Å²) in [6.07, 6.45) is 6.87. The highest BCUT2D eigenvalue weighted by molar-refractivity contribution is 7.26. The summed E-state index contributed by atoms with van der Waals surface area (Å²) >= 11 is 3.84. The van der Waals surface area contributed by atoms with E-state index in [-0.39, 0.29) is 0 Å². The zero-order chi connectivity index (χ0) is 36.7. The number of nitrogens with zero attached hydrogens (tertiary/aromatic N) is 2. The van der Waals surface area contributed by atoms with Crippen molar-refractivity contribution in [3.63, 3.8) is 0 Å². The van der Waals surface area contributed by atoms with Crippen LogP contribution >= 0.6 is 22.7 Å².